The van der Waals surface area contributed by atoms with Crippen LogP contribution in [0.25, 0.3) is 10.8 Å². The number of benzene rings is 3. The van der Waals surface area contributed by atoms with Gasteiger partial charge in [-0.05, 0) is 72.5 Å². The van der Waals surface area contributed by atoms with Gasteiger partial charge < -0.3 is 15.0 Å². The molecule has 0 unspecified atom stereocenters. The Morgan fingerprint density at radius 3 is 2.52 bits per heavy atom. The summed E-state index contributed by atoms with van der Waals surface area (Å²) in [6.07, 6.45) is 2.40. The Morgan fingerprint density at radius 2 is 1.76 bits per heavy atom. The molecule has 0 aliphatic carbocycles. The number of ether oxygens (including phenoxy) is 1. The number of piperidine rings is 3. The van der Waals surface area contributed by atoms with Crippen molar-refractivity contribution in [2.75, 3.05) is 19.6 Å². The van der Waals surface area contributed by atoms with Gasteiger partial charge in [-0.15, -0.1) is 0 Å². The van der Waals surface area contributed by atoms with Crippen molar-refractivity contribution in [1.29, 1.82) is 0 Å². The van der Waals surface area contributed by atoms with Gasteiger partial charge in [0.05, 0.1) is 0 Å². The van der Waals surface area contributed by atoms with Crippen LogP contribution in [0.4, 0.5) is 0 Å². The summed E-state index contributed by atoms with van der Waals surface area (Å²) in [5.74, 6) is 1.47. The van der Waals surface area contributed by atoms with E-state index in [4.69, 9.17) is 4.74 Å². The fourth-order valence-corrected chi connectivity index (χ4v) is 4.58. The van der Waals surface area contributed by atoms with Gasteiger partial charge in [-0.1, -0.05) is 42.5 Å². The summed E-state index contributed by atoms with van der Waals surface area (Å²) in [7, 11) is 0. The van der Waals surface area contributed by atoms with Gasteiger partial charge in [0.25, 0.3) is 5.91 Å². The van der Waals surface area contributed by atoms with Crippen LogP contribution in [0, 0.1) is 5.92 Å². The number of amides is 1. The Hall–Kier alpha value is -2.85. The summed E-state index contributed by atoms with van der Waals surface area (Å²) < 4.78 is 5.95. The van der Waals surface area contributed by atoms with Crippen molar-refractivity contribution >= 4 is 16.7 Å². The molecule has 2 bridgehead atoms. The first kappa shape index (κ1) is 18.2. The highest BCUT2D eigenvalue weighted by Gasteiger charge is 2.34. The van der Waals surface area contributed by atoms with Crippen LogP contribution in [0.5, 0.6) is 5.75 Å². The molecule has 29 heavy (non-hydrogen) atoms. The van der Waals surface area contributed by atoms with E-state index in [1.54, 1.807) is 0 Å². The number of hydrogen-bond acceptors (Lipinski definition) is 3. The third-order valence-corrected chi connectivity index (χ3v) is 6.29. The minimum atomic E-state index is 0.0289. The highest BCUT2D eigenvalue weighted by atomic mass is 16.5. The lowest BCUT2D eigenvalue weighted by Crippen LogP contribution is -2.57. The molecular weight excluding hydrogens is 360 g/mol. The van der Waals surface area contributed by atoms with E-state index in [1.807, 2.05) is 54.6 Å². The van der Waals surface area contributed by atoms with Crippen molar-refractivity contribution in [3.05, 3.63) is 77.9 Å². The topological polar surface area (TPSA) is 41.6 Å². The maximum absolute atomic E-state index is 12.9. The van der Waals surface area contributed by atoms with E-state index in [0.29, 0.717) is 18.1 Å². The average molecular weight is 386 g/mol. The zero-order valence-electron chi connectivity index (χ0n) is 16.5. The quantitative estimate of drug-likeness (QED) is 0.713. The maximum atomic E-state index is 12.9. The normalized spacial score (nSPS) is 23.1. The van der Waals surface area contributed by atoms with Crippen LogP contribution in [-0.4, -0.2) is 36.5 Å². The van der Waals surface area contributed by atoms with Crippen LogP contribution in [-0.2, 0) is 6.61 Å². The molecule has 4 nitrogen and oxygen atoms in total. The van der Waals surface area contributed by atoms with E-state index in [0.717, 1.165) is 28.6 Å². The van der Waals surface area contributed by atoms with Crippen molar-refractivity contribution in [2.45, 2.75) is 25.5 Å². The molecule has 1 N–H and O–H groups in total. The van der Waals surface area contributed by atoms with Crippen molar-refractivity contribution in [2.24, 2.45) is 5.92 Å². The van der Waals surface area contributed by atoms with Crippen LogP contribution < -0.4 is 10.1 Å². The highest BCUT2D eigenvalue weighted by Crippen LogP contribution is 2.28. The molecule has 3 aromatic rings. The van der Waals surface area contributed by atoms with Crippen molar-refractivity contribution < 1.29 is 9.53 Å². The predicted molar refractivity (Wildman–Crippen MR) is 115 cm³/mol. The maximum Gasteiger partial charge on any atom is 0.251 e. The smallest absolute Gasteiger partial charge is 0.251 e. The lowest BCUT2D eigenvalue weighted by Gasteiger charge is -2.44. The lowest BCUT2D eigenvalue weighted by molar-refractivity contribution is 0.0620. The zero-order chi connectivity index (χ0) is 19.6. The van der Waals surface area contributed by atoms with E-state index >= 15 is 0 Å². The monoisotopic (exact) mass is 386 g/mol. The van der Waals surface area contributed by atoms with E-state index in [2.05, 4.69) is 22.3 Å². The molecule has 3 aliphatic heterocycles. The van der Waals surface area contributed by atoms with Crippen molar-refractivity contribution in [1.82, 2.24) is 10.2 Å². The number of carbonyl (C=O) groups excluding carboxylic acids is 1. The number of hydrogen-bond donors (Lipinski definition) is 1. The van der Waals surface area contributed by atoms with Crippen molar-refractivity contribution in [3.63, 3.8) is 0 Å². The first-order valence-corrected chi connectivity index (χ1v) is 10.5. The number of nitrogens with one attached hydrogen (secondary N) is 1. The fraction of sp³-hybridized carbons (Fsp3) is 0.320. The first-order chi connectivity index (χ1) is 14.2. The van der Waals surface area contributed by atoms with Crippen LogP contribution >= 0.6 is 0 Å². The van der Waals surface area contributed by atoms with Gasteiger partial charge in [0.1, 0.15) is 12.4 Å². The minimum Gasteiger partial charge on any atom is -0.489 e. The predicted octanol–water partition coefficient (Wildman–Crippen LogP) is 4.24. The number of fused-ring (bicyclic) bond motifs is 4. The van der Waals surface area contributed by atoms with Gasteiger partial charge in [0.2, 0.25) is 0 Å². The van der Waals surface area contributed by atoms with Crippen molar-refractivity contribution in [3.8, 4) is 5.75 Å². The highest BCUT2D eigenvalue weighted by molar-refractivity contribution is 5.99. The van der Waals surface area contributed by atoms with Gasteiger partial charge >= 0.3 is 0 Å². The van der Waals surface area contributed by atoms with Gasteiger partial charge in [0, 0.05) is 18.2 Å². The molecule has 3 aromatic carbocycles. The van der Waals surface area contributed by atoms with E-state index < -0.39 is 0 Å². The molecular formula is C25H26N2O2. The van der Waals surface area contributed by atoms with Crippen LogP contribution in [0.1, 0.15) is 28.8 Å². The minimum absolute atomic E-state index is 0.0289. The standard InChI is InChI=1S/C25H26N2O2/c28-25(26-24-16-27-12-10-20(24)11-13-27)21-7-6-19-8-9-23(15-22(19)14-21)29-17-18-4-2-1-3-5-18/h1-9,14-15,20,24H,10-13,16-17H2,(H,26,28)/t24-/m0/s1. The Labute approximate surface area is 171 Å². The summed E-state index contributed by atoms with van der Waals surface area (Å²) in [4.78, 5) is 15.3. The van der Waals surface area contributed by atoms with E-state index in [1.165, 1.54) is 25.9 Å². The van der Waals surface area contributed by atoms with Crippen LogP contribution in [0.3, 0.4) is 0 Å². The Balaban J connectivity index is 1.30. The molecule has 6 rings (SSSR count). The SMILES string of the molecule is O=C(N[C@H]1CN2CCC1CC2)c1ccc2ccc(OCc3ccccc3)cc2c1. The van der Waals surface area contributed by atoms with E-state index in [-0.39, 0.29) is 11.9 Å². The molecule has 0 saturated carbocycles. The number of rotatable bonds is 5. The van der Waals surface area contributed by atoms with Gasteiger partial charge in [0.15, 0.2) is 0 Å². The summed E-state index contributed by atoms with van der Waals surface area (Å²) >= 11 is 0. The third kappa shape index (κ3) is 3.99. The zero-order valence-corrected chi connectivity index (χ0v) is 16.5. The largest absolute Gasteiger partial charge is 0.489 e. The van der Waals surface area contributed by atoms with Crippen LogP contribution in [0.2, 0.25) is 0 Å². The van der Waals surface area contributed by atoms with E-state index in [9.17, 15) is 4.79 Å². The fourth-order valence-electron chi connectivity index (χ4n) is 4.58. The lowest BCUT2D eigenvalue weighted by atomic mass is 9.84. The third-order valence-electron chi connectivity index (χ3n) is 6.29. The van der Waals surface area contributed by atoms with Crippen LogP contribution in [0.15, 0.2) is 66.7 Å². The molecule has 3 fully saturated rings. The second-order valence-corrected chi connectivity index (χ2v) is 8.22. The molecule has 1 amide bonds. The molecule has 0 aromatic heterocycles. The molecule has 148 valence electrons. The number of carbonyl (C=O) groups is 1. The molecule has 0 radical (unpaired) electrons. The van der Waals surface area contributed by atoms with Gasteiger partial charge in [-0.2, -0.15) is 0 Å². The molecule has 4 heteroatoms. The first-order valence-electron chi connectivity index (χ1n) is 10.5. The molecule has 3 aliphatic rings. The second kappa shape index (κ2) is 7.88. The summed E-state index contributed by atoms with van der Waals surface area (Å²) in [5.41, 5.74) is 1.85. The van der Waals surface area contributed by atoms with Gasteiger partial charge in [-0.3, -0.25) is 4.79 Å². The van der Waals surface area contributed by atoms with Gasteiger partial charge in [-0.25, -0.2) is 0 Å². The number of nitrogens with zero attached hydrogens (tertiary/aromatic N) is 1. The Kier molecular flexibility index (Phi) is 4.94. The summed E-state index contributed by atoms with van der Waals surface area (Å²) in [5, 5.41) is 5.41. The average Bonchev–Trinajstić information content (AvgIpc) is 2.78. The Morgan fingerprint density at radius 1 is 0.966 bits per heavy atom. The summed E-state index contributed by atoms with van der Waals surface area (Å²) in [6, 6.07) is 22.4. The molecule has 3 saturated heterocycles. The molecule has 1 atom stereocenters. The summed E-state index contributed by atoms with van der Waals surface area (Å²) in [6.45, 7) is 3.88. The molecule has 3 heterocycles. The second-order valence-electron chi connectivity index (χ2n) is 8.22. The Bertz CT molecular complexity index is 1010. The molecule has 0 spiro atoms.